The minimum absolute atomic E-state index is 0.0762. The van der Waals surface area contributed by atoms with Crippen molar-refractivity contribution in [3.8, 4) is 11.5 Å². The van der Waals surface area contributed by atoms with Gasteiger partial charge in [0.15, 0.2) is 11.5 Å². The summed E-state index contributed by atoms with van der Waals surface area (Å²) in [6.45, 7) is 0.441. The van der Waals surface area contributed by atoms with Crippen LogP contribution in [0.4, 0.5) is 11.4 Å². The molecule has 7 nitrogen and oxygen atoms in total. The molecular weight excluding hydrogens is 270 g/mol. The van der Waals surface area contributed by atoms with Crippen LogP contribution in [-0.4, -0.2) is 34.9 Å². The van der Waals surface area contributed by atoms with Gasteiger partial charge in [-0.05, 0) is 6.42 Å². The van der Waals surface area contributed by atoms with Crippen LogP contribution in [0.3, 0.4) is 0 Å². The van der Waals surface area contributed by atoms with E-state index in [0.29, 0.717) is 35.8 Å². The van der Waals surface area contributed by atoms with Gasteiger partial charge in [0.05, 0.1) is 31.3 Å². The van der Waals surface area contributed by atoms with E-state index in [1.54, 1.807) is 12.1 Å². The maximum absolute atomic E-state index is 10.8. The van der Waals surface area contributed by atoms with Gasteiger partial charge in [0, 0.05) is 18.7 Å². The molecule has 5 N–H and O–H groups in total. The third kappa shape index (κ3) is 4.84. The summed E-state index contributed by atoms with van der Waals surface area (Å²) < 4.78 is 31.8. The smallest absolute Gasteiger partial charge is 0.209 e. The highest BCUT2D eigenvalue weighted by atomic mass is 32.2. The summed E-state index contributed by atoms with van der Waals surface area (Å²) in [6, 6.07) is 3.34. The average Bonchev–Trinajstić information content (AvgIpc) is 2.34. The second-order valence-corrected chi connectivity index (χ2v) is 5.68. The van der Waals surface area contributed by atoms with Crippen LogP contribution in [0.1, 0.15) is 6.42 Å². The van der Waals surface area contributed by atoms with Gasteiger partial charge in [-0.25, -0.2) is 13.6 Å². The predicted octanol–water partition coefficient (Wildman–Crippen LogP) is 0.377. The van der Waals surface area contributed by atoms with E-state index in [9.17, 15) is 8.42 Å². The van der Waals surface area contributed by atoms with Crippen molar-refractivity contribution in [2.45, 2.75) is 6.42 Å². The van der Waals surface area contributed by atoms with Gasteiger partial charge in [-0.3, -0.25) is 0 Å². The molecule has 0 heterocycles. The fourth-order valence-electron chi connectivity index (χ4n) is 1.54. The Bertz CT molecular complexity index is 531. The highest BCUT2D eigenvalue weighted by Crippen LogP contribution is 2.34. The quantitative estimate of drug-likeness (QED) is 0.493. The van der Waals surface area contributed by atoms with Gasteiger partial charge in [0.2, 0.25) is 10.0 Å². The Balaban J connectivity index is 2.68. The fourth-order valence-corrected chi connectivity index (χ4v) is 2.09. The molecule has 0 amide bonds. The van der Waals surface area contributed by atoms with E-state index >= 15 is 0 Å². The van der Waals surface area contributed by atoms with Gasteiger partial charge in [0.25, 0.3) is 0 Å². The maximum Gasteiger partial charge on any atom is 0.209 e. The first kappa shape index (κ1) is 15.4. The van der Waals surface area contributed by atoms with Crippen molar-refractivity contribution in [1.82, 2.24) is 0 Å². The van der Waals surface area contributed by atoms with Crippen LogP contribution in [-0.2, 0) is 10.0 Å². The molecule has 0 atom stereocenters. The predicted molar refractivity (Wildman–Crippen MR) is 75.0 cm³/mol. The van der Waals surface area contributed by atoms with Gasteiger partial charge < -0.3 is 20.5 Å². The van der Waals surface area contributed by atoms with Crippen molar-refractivity contribution in [2.75, 3.05) is 37.6 Å². The Kier molecular flexibility index (Phi) is 5.25. The molecule has 0 radical (unpaired) electrons. The van der Waals surface area contributed by atoms with Crippen molar-refractivity contribution >= 4 is 21.4 Å². The molecule has 108 valence electrons. The Labute approximate surface area is 112 Å². The number of ether oxygens (including phenoxy) is 2. The Morgan fingerprint density at radius 2 is 1.79 bits per heavy atom. The number of primary sulfonamides is 1. The molecule has 0 aliphatic heterocycles. The lowest BCUT2D eigenvalue weighted by atomic mass is 10.2. The zero-order valence-electron chi connectivity index (χ0n) is 11.0. The second kappa shape index (κ2) is 6.48. The fraction of sp³-hybridized carbons (Fsp3) is 0.455. The molecule has 0 spiro atoms. The van der Waals surface area contributed by atoms with Crippen LogP contribution < -0.4 is 25.7 Å². The second-order valence-electron chi connectivity index (χ2n) is 3.94. The molecule has 0 unspecified atom stereocenters. The van der Waals surface area contributed by atoms with Crippen molar-refractivity contribution in [3.05, 3.63) is 12.1 Å². The van der Waals surface area contributed by atoms with E-state index in [4.69, 9.17) is 20.3 Å². The summed E-state index contributed by atoms with van der Waals surface area (Å²) in [5.74, 6) is 1.01. The summed E-state index contributed by atoms with van der Waals surface area (Å²) in [5, 5.41) is 7.94. The molecule has 0 aliphatic carbocycles. The number of nitrogens with two attached hydrogens (primary N) is 2. The van der Waals surface area contributed by atoms with Gasteiger partial charge in [-0.15, -0.1) is 0 Å². The number of benzene rings is 1. The standard InChI is InChI=1S/C11H19N3O4S/c1-17-10-6-8(12)9(7-11(10)18-2)14-4-3-5-19(13,15)16/h6-7,14H,3-5,12H2,1-2H3,(H2,13,15,16). The van der Waals surface area contributed by atoms with Crippen LogP contribution in [0.15, 0.2) is 12.1 Å². The van der Waals surface area contributed by atoms with E-state index < -0.39 is 10.0 Å². The van der Waals surface area contributed by atoms with Crippen molar-refractivity contribution in [2.24, 2.45) is 5.14 Å². The number of sulfonamides is 1. The Morgan fingerprint density at radius 3 is 2.32 bits per heavy atom. The highest BCUT2D eigenvalue weighted by molar-refractivity contribution is 7.89. The third-order valence-electron chi connectivity index (χ3n) is 2.48. The highest BCUT2D eigenvalue weighted by Gasteiger charge is 2.09. The van der Waals surface area contributed by atoms with Crippen molar-refractivity contribution in [3.63, 3.8) is 0 Å². The summed E-state index contributed by atoms with van der Waals surface area (Å²) in [5.41, 5.74) is 7.00. The normalized spacial score (nSPS) is 11.1. The van der Waals surface area contributed by atoms with E-state index in [1.165, 1.54) is 14.2 Å². The van der Waals surface area contributed by atoms with E-state index in [-0.39, 0.29) is 5.75 Å². The van der Waals surface area contributed by atoms with E-state index in [2.05, 4.69) is 5.32 Å². The van der Waals surface area contributed by atoms with Gasteiger partial charge in [-0.2, -0.15) is 0 Å². The topological polar surface area (TPSA) is 117 Å². The molecule has 1 aromatic rings. The number of nitrogens with one attached hydrogen (secondary N) is 1. The summed E-state index contributed by atoms with van der Waals surface area (Å²) in [4.78, 5) is 0. The monoisotopic (exact) mass is 289 g/mol. The van der Waals surface area contributed by atoms with Gasteiger partial charge in [0.1, 0.15) is 0 Å². The minimum atomic E-state index is -3.43. The average molecular weight is 289 g/mol. The summed E-state index contributed by atoms with van der Waals surface area (Å²) in [6.07, 6.45) is 0.395. The molecule has 19 heavy (non-hydrogen) atoms. The molecule has 0 aromatic heterocycles. The molecule has 1 rings (SSSR count). The number of hydrogen-bond donors (Lipinski definition) is 3. The number of anilines is 2. The molecule has 0 saturated heterocycles. The first-order chi connectivity index (χ1) is 8.87. The largest absolute Gasteiger partial charge is 0.493 e. The van der Waals surface area contributed by atoms with Crippen LogP contribution in [0.25, 0.3) is 0 Å². The van der Waals surface area contributed by atoms with Crippen molar-refractivity contribution in [1.29, 1.82) is 0 Å². The van der Waals surface area contributed by atoms with Crippen LogP contribution in [0.5, 0.6) is 11.5 Å². The molecule has 1 aromatic carbocycles. The van der Waals surface area contributed by atoms with Crippen LogP contribution in [0, 0.1) is 0 Å². The zero-order valence-corrected chi connectivity index (χ0v) is 11.8. The lowest BCUT2D eigenvalue weighted by Gasteiger charge is -2.13. The van der Waals surface area contributed by atoms with Crippen LogP contribution >= 0.6 is 0 Å². The Morgan fingerprint density at radius 1 is 1.21 bits per heavy atom. The molecule has 0 aliphatic rings. The lowest BCUT2D eigenvalue weighted by molar-refractivity contribution is 0.355. The minimum Gasteiger partial charge on any atom is -0.493 e. The van der Waals surface area contributed by atoms with Gasteiger partial charge >= 0.3 is 0 Å². The first-order valence-corrected chi connectivity index (χ1v) is 7.34. The van der Waals surface area contributed by atoms with Crippen LogP contribution in [0.2, 0.25) is 0 Å². The van der Waals surface area contributed by atoms with E-state index in [0.717, 1.165) is 0 Å². The molecule has 0 saturated carbocycles. The number of hydrogen-bond acceptors (Lipinski definition) is 6. The number of methoxy groups -OCH3 is 2. The zero-order chi connectivity index (χ0) is 14.5. The van der Waals surface area contributed by atoms with Crippen molar-refractivity contribution < 1.29 is 17.9 Å². The maximum atomic E-state index is 10.8. The molecule has 8 heteroatoms. The summed E-state index contributed by atoms with van der Waals surface area (Å²) >= 11 is 0. The van der Waals surface area contributed by atoms with E-state index in [1.807, 2.05) is 0 Å². The third-order valence-corrected chi connectivity index (χ3v) is 3.33. The first-order valence-electron chi connectivity index (χ1n) is 5.63. The molecular formula is C11H19N3O4S. The molecule has 0 fully saturated rings. The number of rotatable bonds is 7. The Hall–Kier alpha value is -1.67. The SMILES string of the molecule is COc1cc(N)c(NCCCS(N)(=O)=O)cc1OC. The van der Waals surface area contributed by atoms with Gasteiger partial charge in [-0.1, -0.05) is 0 Å². The summed E-state index contributed by atoms with van der Waals surface area (Å²) in [7, 11) is -0.377. The number of nitrogen functional groups attached to an aromatic ring is 1. The molecule has 0 bridgehead atoms. The lowest BCUT2D eigenvalue weighted by Crippen LogP contribution is -2.18.